The van der Waals surface area contributed by atoms with Gasteiger partial charge in [0.1, 0.15) is 10.7 Å². The molecular formula is C15H11N4O3S2-. The summed E-state index contributed by atoms with van der Waals surface area (Å²) in [5.41, 5.74) is 1.65. The normalized spacial score (nSPS) is 11.9. The molecule has 0 spiro atoms. The van der Waals surface area contributed by atoms with Crippen LogP contribution in [0.25, 0.3) is 21.1 Å². The summed E-state index contributed by atoms with van der Waals surface area (Å²) in [6.45, 7) is 0. The molecule has 0 radical (unpaired) electrons. The molecule has 0 aliphatic carbocycles. The van der Waals surface area contributed by atoms with E-state index in [9.17, 15) is 13.6 Å². The monoisotopic (exact) mass is 359 g/mol. The van der Waals surface area contributed by atoms with Gasteiger partial charge in [0, 0.05) is 24.2 Å². The Bertz CT molecular complexity index is 883. The van der Waals surface area contributed by atoms with Crippen LogP contribution in [0.4, 0.5) is 0 Å². The molecule has 0 aliphatic heterocycles. The van der Waals surface area contributed by atoms with Gasteiger partial charge >= 0.3 is 0 Å². The van der Waals surface area contributed by atoms with Gasteiger partial charge in [-0.25, -0.2) is 9.97 Å². The summed E-state index contributed by atoms with van der Waals surface area (Å²) in [4.78, 5) is 25.4. The first-order chi connectivity index (χ1) is 11.6. The molecule has 0 saturated carbocycles. The Morgan fingerprint density at radius 1 is 1.25 bits per heavy atom. The van der Waals surface area contributed by atoms with Crippen molar-refractivity contribution in [1.82, 2.24) is 20.3 Å². The number of amides is 1. The second kappa shape index (κ2) is 7.39. The van der Waals surface area contributed by atoms with Crippen molar-refractivity contribution in [3.63, 3.8) is 0 Å². The lowest BCUT2D eigenvalue weighted by Gasteiger charge is -2.07. The molecule has 0 fully saturated rings. The SMILES string of the molecule is O=C(NCS(=O)[O-])c1cccc(-c2cnc(-c3cccnc3)s2)n1. The predicted octanol–water partition coefficient (Wildman–Crippen LogP) is 1.83. The number of thiazole rings is 1. The maximum atomic E-state index is 11.9. The van der Waals surface area contributed by atoms with Crippen molar-refractivity contribution in [3.8, 4) is 21.1 Å². The second-order valence-corrected chi connectivity index (χ2v) is 6.56. The standard InChI is InChI=1S/C15H12N4O3S2/c20-14(18-9-24(21)22)12-5-1-4-11(19-12)13-8-17-15(23-13)10-3-2-6-16-7-10/h1-8H,9H2,(H,18,20)(H,21,22)/p-1. The van der Waals surface area contributed by atoms with Crippen LogP contribution in [0, 0.1) is 0 Å². The molecule has 3 rings (SSSR count). The summed E-state index contributed by atoms with van der Waals surface area (Å²) >= 11 is -0.909. The van der Waals surface area contributed by atoms with Crippen LogP contribution in [0.1, 0.15) is 10.5 Å². The number of hydrogen-bond acceptors (Lipinski definition) is 7. The lowest BCUT2D eigenvalue weighted by Crippen LogP contribution is -2.27. The van der Waals surface area contributed by atoms with Crippen molar-refractivity contribution in [2.24, 2.45) is 0 Å². The highest BCUT2D eigenvalue weighted by Crippen LogP contribution is 2.30. The smallest absolute Gasteiger partial charge is 0.270 e. The highest BCUT2D eigenvalue weighted by atomic mass is 32.2. The van der Waals surface area contributed by atoms with Crippen molar-refractivity contribution in [3.05, 3.63) is 54.6 Å². The molecular weight excluding hydrogens is 348 g/mol. The van der Waals surface area contributed by atoms with E-state index < -0.39 is 22.9 Å². The number of nitrogens with zero attached hydrogens (tertiary/aromatic N) is 3. The summed E-state index contributed by atoms with van der Waals surface area (Å²) in [5, 5.41) is 3.08. The lowest BCUT2D eigenvalue weighted by atomic mass is 10.2. The summed E-state index contributed by atoms with van der Waals surface area (Å²) in [5.74, 6) is -0.991. The zero-order valence-corrected chi connectivity index (χ0v) is 13.8. The molecule has 9 heteroatoms. The third-order valence-electron chi connectivity index (χ3n) is 3.00. The fraction of sp³-hybridized carbons (Fsp3) is 0.0667. The topological polar surface area (TPSA) is 108 Å². The largest absolute Gasteiger partial charge is 0.771 e. The van der Waals surface area contributed by atoms with Gasteiger partial charge in [-0.05, 0) is 35.3 Å². The molecule has 3 aromatic rings. The van der Waals surface area contributed by atoms with Crippen molar-refractivity contribution in [2.75, 3.05) is 5.88 Å². The molecule has 0 saturated heterocycles. The molecule has 24 heavy (non-hydrogen) atoms. The van der Waals surface area contributed by atoms with E-state index in [1.807, 2.05) is 12.1 Å². The average Bonchev–Trinajstić information content (AvgIpc) is 3.11. The first-order valence-corrected chi connectivity index (χ1v) is 8.87. The summed E-state index contributed by atoms with van der Waals surface area (Å²) in [7, 11) is 0. The maximum Gasteiger partial charge on any atom is 0.270 e. The van der Waals surface area contributed by atoms with Crippen LogP contribution in [0.2, 0.25) is 0 Å². The Morgan fingerprint density at radius 3 is 2.88 bits per heavy atom. The Hall–Kier alpha value is -2.49. The maximum absolute atomic E-state index is 11.9. The number of pyridine rings is 2. The number of hydrogen-bond donors (Lipinski definition) is 1. The lowest BCUT2D eigenvalue weighted by molar-refractivity contribution is 0.0955. The van der Waals surface area contributed by atoms with Crippen molar-refractivity contribution in [2.45, 2.75) is 0 Å². The Balaban J connectivity index is 1.83. The molecule has 3 heterocycles. The zero-order chi connectivity index (χ0) is 16.9. The first kappa shape index (κ1) is 16.4. The van der Waals surface area contributed by atoms with Crippen molar-refractivity contribution < 1.29 is 13.6 Å². The highest BCUT2D eigenvalue weighted by Gasteiger charge is 2.11. The molecule has 0 aromatic carbocycles. The van der Waals surface area contributed by atoms with E-state index in [4.69, 9.17) is 0 Å². The van der Waals surface area contributed by atoms with E-state index in [1.165, 1.54) is 17.4 Å². The van der Waals surface area contributed by atoms with Gasteiger partial charge in [-0.2, -0.15) is 0 Å². The van der Waals surface area contributed by atoms with Gasteiger partial charge in [0.15, 0.2) is 0 Å². The summed E-state index contributed by atoms with van der Waals surface area (Å²) in [6, 6.07) is 8.73. The number of carbonyl (C=O) groups is 1. The van der Waals surface area contributed by atoms with Gasteiger partial charge in [0.2, 0.25) is 0 Å². The van der Waals surface area contributed by atoms with Gasteiger partial charge in [-0.15, -0.1) is 11.3 Å². The molecule has 7 nitrogen and oxygen atoms in total. The number of rotatable bonds is 5. The molecule has 0 bridgehead atoms. The predicted molar refractivity (Wildman–Crippen MR) is 89.8 cm³/mol. The van der Waals surface area contributed by atoms with E-state index in [2.05, 4.69) is 20.3 Å². The van der Waals surface area contributed by atoms with Crippen LogP contribution >= 0.6 is 11.3 Å². The summed E-state index contributed by atoms with van der Waals surface area (Å²) in [6.07, 6.45) is 5.10. The van der Waals surface area contributed by atoms with Crippen LogP contribution in [0.3, 0.4) is 0 Å². The molecule has 1 N–H and O–H groups in total. The van der Waals surface area contributed by atoms with Gasteiger partial charge in [-0.3, -0.25) is 14.0 Å². The zero-order valence-electron chi connectivity index (χ0n) is 12.2. The third-order valence-corrected chi connectivity index (χ3v) is 4.45. The van der Waals surface area contributed by atoms with Crippen LogP contribution in [-0.2, 0) is 11.1 Å². The van der Waals surface area contributed by atoms with Gasteiger partial charge in [0.05, 0.1) is 16.4 Å². The van der Waals surface area contributed by atoms with Gasteiger partial charge in [0.25, 0.3) is 5.91 Å². The summed E-state index contributed by atoms with van der Waals surface area (Å²) < 4.78 is 21.0. The molecule has 1 unspecified atom stereocenters. The van der Waals surface area contributed by atoms with Crippen LogP contribution in [-0.4, -0.2) is 35.5 Å². The van der Waals surface area contributed by atoms with E-state index in [1.54, 1.807) is 30.7 Å². The average molecular weight is 359 g/mol. The van der Waals surface area contributed by atoms with E-state index in [0.29, 0.717) is 5.69 Å². The second-order valence-electron chi connectivity index (χ2n) is 4.63. The Labute approximate surface area is 144 Å². The first-order valence-electron chi connectivity index (χ1n) is 6.81. The van der Waals surface area contributed by atoms with Gasteiger partial charge in [-0.1, -0.05) is 6.07 Å². The minimum Gasteiger partial charge on any atom is -0.771 e. The van der Waals surface area contributed by atoms with Crippen LogP contribution < -0.4 is 5.32 Å². The fourth-order valence-corrected chi connectivity index (χ4v) is 3.05. The Kier molecular flexibility index (Phi) is 5.04. The number of aromatic nitrogens is 3. The van der Waals surface area contributed by atoms with Crippen LogP contribution in [0.15, 0.2) is 48.9 Å². The molecule has 122 valence electrons. The number of nitrogens with one attached hydrogen (secondary N) is 1. The number of carbonyl (C=O) groups excluding carboxylic acids is 1. The minimum atomic E-state index is -2.34. The van der Waals surface area contributed by atoms with Crippen LogP contribution in [0.5, 0.6) is 0 Å². The highest BCUT2D eigenvalue weighted by molar-refractivity contribution is 7.79. The fourth-order valence-electron chi connectivity index (χ4n) is 1.93. The molecule has 1 amide bonds. The van der Waals surface area contributed by atoms with Crippen molar-refractivity contribution >= 4 is 28.3 Å². The Morgan fingerprint density at radius 2 is 2.12 bits per heavy atom. The third kappa shape index (κ3) is 3.88. The minimum absolute atomic E-state index is 0.147. The molecule has 3 aromatic heterocycles. The van der Waals surface area contributed by atoms with Gasteiger partial charge < -0.3 is 9.87 Å². The molecule has 1 atom stereocenters. The van der Waals surface area contributed by atoms with E-state index in [-0.39, 0.29) is 5.69 Å². The quantitative estimate of drug-likeness (QED) is 0.696. The van der Waals surface area contributed by atoms with Crippen molar-refractivity contribution in [1.29, 1.82) is 0 Å². The molecule has 0 aliphatic rings. The van der Waals surface area contributed by atoms with E-state index in [0.717, 1.165) is 15.4 Å². The van der Waals surface area contributed by atoms with E-state index >= 15 is 0 Å².